The van der Waals surface area contributed by atoms with E-state index in [1.165, 1.54) is 0 Å². The van der Waals surface area contributed by atoms with Crippen LogP contribution in [-0.4, -0.2) is 12.5 Å². The van der Waals surface area contributed by atoms with Gasteiger partial charge in [-0.2, -0.15) is 0 Å². The Balaban J connectivity index is 2.52. The lowest BCUT2D eigenvalue weighted by Crippen LogP contribution is -2.21. The maximum absolute atomic E-state index is 13.3. The van der Waals surface area contributed by atoms with Gasteiger partial charge in [0.1, 0.15) is 5.82 Å². The van der Waals surface area contributed by atoms with Gasteiger partial charge in [0.2, 0.25) is 5.91 Å². The van der Waals surface area contributed by atoms with Crippen LogP contribution in [0.4, 0.5) is 4.39 Å². The van der Waals surface area contributed by atoms with Crippen molar-refractivity contribution in [1.29, 1.82) is 0 Å². The van der Waals surface area contributed by atoms with Crippen molar-refractivity contribution in [1.82, 2.24) is 5.32 Å². The van der Waals surface area contributed by atoms with Crippen LogP contribution in [0.1, 0.15) is 23.1 Å². The van der Waals surface area contributed by atoms with Crippen molar-refractivity contribution < 1.29 is 9.18 Å². The molecule has 1 aromatic carbocycles. The van der Waals surface area contributed by atoms with Crippen molar-refractivity contribution in [3.8, 4) is 0 Å². The number of rotatable bonds is 5. The fourth-order valence-electron chi connectivity index (χ4n) is 1.58. The van der Waals surface area contributed by atoms with E-state index in [1.54, 1.807) is 26.0 Å². The lowest BCUT2D eigenvalue weighted by Gasteiger charge is -2.07. The zero-order chi connectivity index (χ0) is 12.1. The molecule has 0 saturated carbocycles. The van der Waals surface area contributed by atoms with E-state index in [2.05, 4.69) is 5.32 Å². The second-order valence-corrected chi connectivity index (χ2v) is 3.94. The van der Waals surface area contributed by atoms with Gasteiger partial charge in [-0.15, -0.1) is 0 Å². The number of primary amides is 1. The molecule has 0 saturated heterocycles. The van der Waals surface area contributed by atoms with Gasteiger partial charge in [-0.3, -0.25) is 4.79 Å². The molecule has 3 nitrogen and oxygen atoms in total. The highest BCUT2D eigenvalue weighted by atomic mass is 19.1. The van der Waals surface area contributed by atoms with Crippen molar-refractivity contribution in [3.05, 3.63) is 34.6 Å². The number of benzene rings is 1. The normalized spacial score (nSPS) is 10.4. The highest BCUT2D eigenvalue weighted by molar-refractivity contribution is 5.73. The highest BCUT2D eigenvalue weighted by Crippen LogP contribution is 2.14. The van der Waals surface area contributed by atoms with Gasteiger partial charge in [0, 0.05) is 19.5 Å². The third-order valence-corrected chi connectivity index (χ3v) is 2.37. The number of aryl methyl sites for hydroxylation is 2. The molecule has 0 aliphatic heterocycles. The standard InChI is InChI=1S/C12H17FN2O/c1-8-5-10(6-9(2)12(8)13)7-15-4-3-11(14)16/h5-6,15H,3-4,7H2,1-2H3,(H2,14,16). The van der Waals surface area contributed by atoms with Gasteiger partial charge in [-0.05, 0) is 30.5 Å². The first-order valence-corrected chi connectivity index (χ1v) is 5.25. The molecule has 16 heavy (non-hydrogen) atoms. The molecule has 1 aromatic rings. The molecule has 4 heteroatoms. The second kappa shape index (κ2) is 5.61. The molecule has 0 fully saturated rings. The Kier molecular flexibility index (Phi) is 4.43. The van der Waals surface area contributed by atoms with E-state index in [0.29, 0.717) is 30.6 Å². The lowest BCUT2D eigenvalue weighted by atomic mass is 10.1. The summed E-state index contributed by atoms with van der Waals surface area (Å²) in [6.45, 7) is 4.66. The van der Waals surface area contributed by atoms with Crippen molar-refractivity contribution in [3.63, 3.8) is 0 Å². The third kappa shape index (κ3) is 3.62. The Morgan fingerprint density at radius 1 is 1.38 bits per heavy atom. The lowest BCUT2D eigenvalue weighted by molar-refractivity contribution is -0.117. The van der Waals surface area contributed by atoms with Gasteiger partial charge in [-0.25, -0.2) is 4.39 Å². The maximum Gasteiger partial charge on any atom is 0.218 e. The number of nitrogens with two attached hydrogens (primary N) is 1. The average molecular weight is 224 g/mol. The van der Waals surface area contributed by atoms with Crippen LogP contribution in [0.2, 0.25) is 0 Å². The summed E-state index contributed by atoms with van der Waals surface area (Å²) in [7, 11) is 0. The Hall–Kier alpha value is -1.42. The molecule has 0 aliphatic carbocycles. The summed E-state index contributed by atoms with van der Waals surface area (Å²) >= 11 is 0. The Morgan fingerprint density at radius 3 is 2.44 bits per heavy atom. The average Bonchev–Trinajstić information content (AvgIpc) is 2.20. The van der Waals surface area contributed by atoms with E-state index in [9.17, 15) is 9.18 Å². The largest absolute Gasteiger partial charge is 0.370 e. The van der Waals surface area contributed by atoms with Crippen LogP contribution in [0.5, 0.6) is 0 Å². The van der Waals surface area contributed by atoms with Crippen LogP contribution in [0.25, 0.3) is 0 Å². The van der Waals surface area contributed by atoms with E-state index in [4.69, 9.17) is 5.73 Å². The molecule has 0 aliphatic rings. The zero-order valence-corrected chi connectivity index (χ0v) is 9.64. The smallest absolute Gasteiger partial charge is 0.218 e. The number of amides is 1. The number of carbonyl (C=O) groups is 1. The molecule has 0 heterocycles. The van der Waals surface area contributed by atoms with Crippen LogP contribution in [0.3, 0.4) is 0 Å². The minimum absolute atomic E-state index is 0.152. The molecule has 0 spiro atoms. The van der Waals surface area contributed by atoms with Crippen molar-refractivity contribution in [2.24, 2.45) is 5.73 Å². The molecule has 0 unspecified atom stereocenters. The fraction of sp³-hybridized carbons (Fsp3) is 0.417. The van der Waals surface area contributed by atoms with Crippen LogP contribution in [0.15, 0.2) is 12.1 Å². The second-order valence-electron chi connectivity index (χ2n) is 3.94. The monoisotopic (exact) mass is 224 g/mol. The number of hydrogen-bond donors (Lipinski definition) is 2. The molecule has 3 N–H and O–H groups in total. The minimum atomic E-state index is -0.320. The van der Waals surface area contributed by atoms with Crippen molar-refractivity contribution in [2.45, 2.75) is 26.8 Å². The van der Waals surface area contributed by atoms with Crippen LogP contribution >= 0.6 is 0 Å². The number of hydrogen-bond acceptors (Lipinski definition) is 2. The summed E-state index contributed by atoms with van der Waals surface area (Å²) in [4.78, 5) is 10.5. The summed E-state index contributed by atoms with van der Waals surface area (Å²) < 4.78 is 13.3. The Bertz CT molecular complexity index is 368. The van der Waals surface area contributed by atoms with Crippen LogP contribution in [-0.2, 0) is 11.3 Å². The highest BCUT2D eigenvalue weighted by Gasteiger charge is 2.03. The first kappa shape index (κ1) is 12.6. The maximum atomic E-state index is 13.3. The van der Waals surface area contributed by atoms with Gasteiger partial charge in [0.05, 0.1) is 0 Å². The molecular formula is C12H17FN2O. The minimum Gasteiger partial charge on any atom is -0.370 e. The van der Waals surface area contributed by atoms with Gasteiger partial charge >= 0.3 is 0 Å². The topological polar surface area (TPSA) is 55.1 Å². The fourth-order valence-corrected chi connectivity index (χ4v) is 1.58. The van der Waals surface area contributed by atoms with E-state index in [1.807, 2.05) is 0 Å². The van der Waals surface area contributed by atoms with Gasteiger partial charge < -0.3 is 11.1 Å². The molecule has 0 radical (unpaired) electrons. The van der Waals surface area contributed by atoms with Gasteiger partial charge in [0.15, 0.2) is 0 Å². The Morgan fingerprint density at radius 2 is 1.94 bits per heavy atom. The molecule has 1 amide bonds. The van der Waals surface area contributed by atoms with Crippen LogP contribution < -0.4 is 11.1 Å². The van der Waals surface area contributed by atoms with E-state index in [0.717, 1.165) is 5.56 Å². The first-order chi connectivity index (χ1) is 7.50. The summed E-state index contributed by atoms with van der Waals surface area (Å²) in [5.74, 6) is -0.472. The Labute approximate surface area is 94.8 Å². The van der Waals surface area contributed by atoms with E-state index in [-0.39, 0.29) is 11.7 Å². The summed E-state index contributed by atoms with van der Waals surface area (Å²) in [5, 5.41) is 3.08. The molecule has 88 valence electrons. The van der Waals surface area contributed by atoms with Crippen molar-refractivity contribution >= 4 is 5.91 Å². The third-order valence-electron chi connectivity index (χ3n) is 2.37. The van der Waals surface area contributed by atoms with Gasteiger partial charge in [0.25, 0.3) is 0 Å². The van der Waals surface area contributed by atoms with Crippen LogP contribution in [0, 0.1) is 19.7 Å². The quantitative estimate of drug-likeness (QED) is 0.743. The van der Waals surface area contributed by atoms with E-state index >= 15 is 0 Å². The number of carbonyl (C=O) groups excluding carboxylic acids is 1. The SMILES string of the molecule is Cc1cc(CNCCC(N)=O)cc(C)c1F. The number of nitrogens with one attached hydrogen (secondary N) is 1. The predicted molar refractivity (Wildman–Crippen MR) is 61.4 cm³/mol. The molecule has 0 atom stereocenters. The predicted octanol–water partition coefficient (Wildman–Crippen LogP) is 1.41. The summed E-state index contributed by atoms with van der Waals surface area (Å²) in [5.41, 5.74) is 7.32. The first-order valence-electron chi connectivity index (χ1n) is 5.25. The molecule has 1 rings (SSSR count). The zero-order valence-electron chi connectivity index (χ0n) is 9.64. The molecule has 0 aromatic heterocycles. The summed E-state index contributed by atoms with van der Waals surface area (Å²) in [6, 6.07) is 3.61. The summed E-state index contributed by atoms with van der Waals surface area (Å²) in [6.07, 6.45) is 0.319. The van der Waals surface area contributed by atoms with Crippen molar-refractivity contribution in [2.75, 3.05) is 6.54 Å². The van der Waals surface area contributed by atoms with Gasteiger partial charge in [-0.1, -0.05) is 12.1 Å². The molecule has 0 bridgehead atoms. The molecular weight excluding hydrogens is 207 g/mol. The van der Waals surface area contributed by atoms with E-state index < -0.39 is 0 Å². The number of halogens is 1.